The van der Waals surface area contributed by atoms with Crippen LogP contribution in [-0.4, -0.2) is 27.1 Å². The van der Waals surface area contributed by atoms with Gasteiger partial charge < -0.3 is 18.5 Å². The molecule has 4 nitrogen and oxygen atoms in total. The quantitative estimate of drug-likeness (QED) is 0.254. The Morgan fingerprint density at radius 1 is 0.919 bits per heavy atom. The molecule has 0 amide bonds. The monoisotopic (exact) mass is 519 g/mol. The molecule has 2 atom stereocenters. The number of aromatic nitrogens is 1. The third kappa shape index (κ3) is 6.15. The summed E-state index contributed by atoms with van der Waals surface area (Å²) in [5.74, 6) is 2.62. The fourth-order valence-electron chi connectivity index (χ4n) is 5.50. The van der Waals surface area contributed by atoms with Gasteiger partial charge in [-0.3, -0.25) is 0 Å². The molecule has 3 aromatic rings. The summed E-state index contributed by atoms with van der Waals surface area (Å²) in [7, 11) is 1.38. The number of hydrogen-bond acceptors (Lipinski definition) is 3. The fourth-order valence-corrected chi connectivity index (χ4v) is 6.82. The molecule has 5 heteroatoms. The highest BCUT2D eigenvalue weighted by molar-refractivity contribution is 6.74. The Kier molecular flexibility index (Phi) is 8.25. The largest absolute Gasteiger partial charge is 0.496 e. The van der Waals surface area contributed by atoms with Gasteiger partial charge in [0.2, 0.25) is 0 Å². The third-order valence-corrected chi connectivity index (χ3v) is 13.1. The lowest BCUT2D eigenvalue weighted by atomic mass is 9.85. The van der Waals surface area contributed by atoms with Crippen LogP contribution in [0.1, 0.15) is 55.5 Å². The number of ether oxygens (including phenoxy) is 2. The molecule has 0 saturated heterocycles. The van der Waals surface area contributed by atoms with E-state index in [-0.39, 0.29) is 11.1 Å². The van der Waals surface area contributed by atoms with Gasteiger partial charge in [-0.25, -0.2) is 0 Å². The van der Waals surface area contributed by atoms with E-state index in [0.29, 0.717) is 11.8 Å². The van der Waals surface area contributed by atoms with Gasteiger partial charge in [-0.2, -0.15) is 0 Å². The van der Waals surface area contributed by atoms with E-state index in [9.17, 15) is 0 Å². The van der Waals surface area contributed by atoms with Crippen LogP contribution < -0.4 is 9.47 Å². The van der Waals surface area contributed by atoms with Crippen molar-refractivity contribution in [2.45, 2.75) is 77.7 Å². The van der Waals surface area contributed by atoms with Crippen molar-refractivity contribution in [2.24, 2.45) is 11.8 Å². The highest BCUT2D eigenvalue weighted by Gasteiger charge is 2.42. The molecule has 1 aromatic heterocycles. The zero-order valence-electron chi connectivity index (χ0n) is 24.0. The molecule has 200 valence electrons. The van der Waals surface area contributed by atoms with Crippen molar-refractivity contribution < 1.29 is 13.9 Å². The fraction of sp³-hybridized carbons (Fsp3) is 0.500. The van der Waals surface area contributed by atoms with E-state index in [1.165, 1.54) is 11.1 Å². The maximum absolute atomic E-state index is 7.34. The van der Waals surface area contributed by atoms with Gasteiger partial charge in [-0.15, -0.1) is 0 Å². The third-order valence-electron chi connectivity index (χ3n) is 8.64. The first-order valence-corrected chi connectivity index (χ1v) is 16.5. The summed E-state index contributed by atoms with van der Waals surface area (Å²) in [4.78, 5) is 0. The zero-order chi connectivity index (χ0) is 26.8. The van der Waals surface area contributed by atoms with Gasteiger partial charge in [0.25, 0.3) is 0 Å². The van der Waals surface area contributed by atoms with Crippen LogP contribution in [0, 0.1) is 18.8 Å². The summed E-state index contributed by atoms with van der Waals surface area (Å²) in [6.45, 7) is 14.7. The van der Waals surface area contributed by atoms with Crippen LogP contribution in [-0.2, 0) is 23.8 Å². The average molecular weight is 520 g/mol. The van der Waals surface area contributed by atoms with Crippen LogP contribution in [0.5, 0.6) is 11.5 Å². The van der Waals surface area contributed by atoms with Crippen molar-refractivity contribution in [1.82, 2.24) is 4.57 Å². The molecule has 0 aliphatic heterocycles. The van der Waals surface area contributed by atoms with Crippen LogP contribution in [0.2, 0.25) is 18.1 Å². The van der Waals surface area contributed by atoms with E-state index < -0.39 is 8.32 Å². The zero-order valence-corrected chi connectivity index (χ0v) is 25.0. The second-order valence-electron chi connectivity index (χ2n) is 12.3. The highest BCUT2D eigenvalue weighted by atomic mass is 28.4. The molecule has 4 rings (SSSR count). The minimum absolute atomic E-state index is 0.0598. The number of benzene rings is 2. The average Bonchev–Trinajstić information content (AvgIpc) is 3.51. The molecule has 1 aliphatic rings. The predicted octanol–water partition coefficient (Wildman–Crippen LogP) is 8.00. The number of hydrogen-bond donors (Lipinski definition) is 0. The van der Waals surface area contributed by atoms with E-state index in [1.54, 1.807) is 14.2 Å². The van der Waals surface area contributed by atoms with Crippen LogP contribution in [0.4, 0.5) is 0 Å². The molecule has 0 radical (unpaired) electrons. The van der Waals surface area contributed by atoms with Gasteiger partial charge in [0, 0.05) is 30.4 Å². The van der Waals surface area contributed by atoms with E-state index in [2.05, 4.69) is 106 Å². The number of fused-ring (bicyclic) bond motifs is 1. The Labute approximate surface area is 225 Å². The molecule has 2 aromatic carbocycles. The van der Waals surface area contributed by atoms with Crippen molar-refractivity contribution in [3.8, 4) is 11.5 Å². The predicted molar refractivity (Wildman–Crippen MR) is 155 cm³/mol. The standard InChI is InChI=1S/C32H45NO3Si/c1-23-29(34-5)20-27(21-30(23)35-6)31(36-37(7,8)32(2,3)4)28(22-33-15-11-12-16-33)19-24-17-25-13-9-10-14-26(25)18-24/h9-16,20-21,24,28,31H,17-19,22H2,1-8H3/t28-,31-/m1/s1. The highest BCUT2D eigenvalue weighted by Crippen LogP contribution is 2.46. The first kappa shape index (κ1) is 27.5. The molecule has 1 heterocycles. The molecular weight excluding hydrogens is 474 g/mol. The van der Waals surface area contributed by atoms with Gasteiger partial charge in [0.15, 0.2) is 8.32 Å². The van der Waals surface area contributed by atoms with E-state index >= 15 is 0 Å². The Morgan fingerprint density at radius 2 is 1.46 bits per heavy atom. The molecule has 1 aliphatic carbocycles. The lowest BCUT2D eigenvalue weighted by Gasteiger charge is -2.42. The molecule has 0 N–H and O–H groups in total. The van der Waals surface area contributed by atoms with Crippen molar-refractivity contribution in [1.29, 1.82) is 0 Å². The molecule has 0 saturated carbocycles. The lowest BCUT2D eigenvalue weighted by molar-refractivity contribution is 0.0904. The molecule has 0 fully saturated rings. The summed E-state index contributed by atoms with van der Waals surface area (Å²) in [5.41, 5.74) is 5.19. The van der Waals surface area contributed by atoms with Gasteiger partial charge in [0.05, 0.1) is 20.3 Å². The topological polar surface area (TPSA) is 32.6 Å². The minimum atomic E-state index is -2.09. The summed E-state index contributed by atoms with van der Waals surface area (Å²) >= 11 is 0. The summed E-state index contributed by atoms with van der Waals surface area (Å²) < 4.78 is 21.3. The molecule has 37 heavy (non-hydrogen) atoms. The second-order valence-corrected chi connectivity index (χ2v) is 17.0. The van der Waals surface area contributed by atoms with Crippen molar-refractivity contribution in [2.75, 3.05) is 14.2 Å². The summed E-state index contributed by atoms with van der Waals surface area (Å²) in [6.07, 6.45) is 7.68. The van der Waals surface area contributed by atoms with Crippen LogP contribution in [0.25, 0.3) is 0 Å². The van der Waals surface area contributed by atoms with E-state index in [4.69, 9.17) is 13.9 Å². The number of nitrogens with zero attached hydrogens (tertiary/aromatic N) is 1. The van der Waals surface area contributed by atoms with Gasteiger partial charge in [0.1, 0.15) is 11.5 Å². The normalized spacial score (nSPS) is 15.9. The van der Waals surface area contributed by atoms with Gasteiger partial charge in [-0.1, -0.05) is 45.0 Å². The Morgan fingerprint density at radius 3 is 1.95 bits per heavy atom. The Balaban J connectivity index is 1.76. The van der Waals surface area contributed by atoms with Crippen molar-refractivity contribution in [3.05, 3.63) is 83.2 Å². The first-order valence-electron chi connectivity index (χ1n) is 13.6. The van der Waals surface area contributed by atoms with E-state index in [0.717, 1.165) is 48.4 Å². The van der Waals surface area contributed by atoms with Crippen molar-refractivity contribution >= 4 is 8.32 Å². The van der Waals surface area contributed by atoms with Crippen LogP contribution >= 0.6 is 0 Å². The van der Waals surface area contributed by atoms with Crippen molar-refractivity contribution in [3.63, 3.8) is 0 Å². The summed E-state index contributed by atoms with van der Waals surface area (Å²) in [5, 5.41) is 0.103. The van der Waals surface area contributed by atoms with E-state index in [1.807, 2.05) is 0 Å². The minimum Gasteiger partial charge on any atom is -0.496 e. The smallest absolute Gasteiger partial charge is 0.192 e. The SMILES string of the molecule is COc1cc([C@@H](O[Si](C)(C)C(C)(C)C)[C@H](CC2Cc3ccccc3C2)Cn2cccc2)cc(OC)c1C. The molecule has 0 bridgehead atoms. The Hall–Kier alpha value is -2.50. The molecule has 0 spiro atoms. The number of rotatable bonds is 10. The maximum atomic E-state index is 7.34. The summed E-state index contributed by atoms with van der Waals surface area (Å²) in [6, 6.07) is 17.5. The Bertz CT molecular complexity index is 1130. The van der Waals surface area contributed by atoms with Gasteiger partial charge in [-0.05, 0) is 91.2 Å². The van der Waals surface area contributed by atoms with Gasteiger partial charge >= 0.3 is 0 Å². The first-order chi connectivity index (χ1) is 17.5. The maximum Gasteiger partial charge on any atom is 0.192 e. The molecular formula is C32H45NO3Si. The van der Waals surface area contributed by atoms with Crippen LogP contribution in [0.3, 0.4) is 0 Å². The lowest BCUT2D eigenvalue weighted by Crippen LogP contribution is -2.43. The number of methoxy groups -OCH3 is 2. The van der Waals surface area contributed by atoms with Crippen LogP contribution in [0.15, 0.2) is 60.9 Å². The second kappa shape index (κ2) is 11.1. The molecule has 0 unspecified atom stereocenters.